The number of carbonyl (C=O) groups excluding carboxylic acids is 2. The van der Waals surface area contributed by atoms with Gasteiger partial charge in [-0.1, -0.05) is 57.0 Å². The van der Waals surface area contributed by atoms with E-state index in [1.807, 2.05) is 13.8 Å². The largest absolute Gasteiger partial charge is 0.476 e. The molecule has 0 unspecified atom stereocenters. The smallest absolute Gasteiger partial charge is 0.359 e. The second kappa shape index (κ2) is 17.7. The predicted molar refractivity (Wildman–Crippen MR) is 200 cm³/mol. The minimum Gasteiger partial charge on any atom is -0.476 e. The maximum atomic E-state index is 12.3. The van der Waals surface area contributed by atoms with Gasteiger partial charge in [-0.2, -0.15) is 8.42 Å². The number of nitrogen functional groups attached to an aromatic ring is 1. The van der Waals surface area contributed by atoms with Gasteiger partial charge in [0.25, 0.3) is 0 Å². The quantitative estimate of drug-likeness (QED) is 0.0825. The number of hydrogen-bond donors (Lipinski definition) is 1. The van der Waals surface area contributed by atoms with Gasteiger partial charge < -0.3 is 24.1 Å². The summed E-state index contributed by atoms with van der Waals surface area (Å²) in [7, 11) is -4.48. The molecule has 0 saturated carbocycles. The molecular weight excluding hydrogens is 763 g/mol. The standard InChI is InChI=1S/C18H18ClN5O5S.C17H22ClN3O3/c1-11(2)10-28-15-8-9-24(23-15)14-7-6-12(17(19)22-14)18(25)29-30(26,27)16-5-3-4-13(20)21-16;1-11(2)10-23-14-8-9-21(20-14)13-7-6-12(15(18)19-13)16(22)24-17(3,4)5/h3-9,11H,10H2,1-2H3,(H2,20,21);6-9,11H,10H2,1-5H3. The number of ether oxygens (including phenoxy) is 3. The van der Waals surface area contributed by atoms with Crippen LogP contribution < -0.4 is 15.2 Å². The summed E-state index contributed by atoms with van der Waals surface area (Å²) >= 11 is 12.2. The average Bonchev–Trinajstić information content (AvgIpc) is 3.76. The molecule has 0 aliphatic carbocycles. The third-order valence-electron chi connectivity index (χ3n) is 6.42. The molecule has 0 fully saturated rings. The van der Waals surface area contributed by atoms with Gasteiger partial charge in [0.1, 0.15) is 21.7 Å². The number of carbonyl (C=O) groups is 2. The summed E-state index contributed by atoms with van der Waals surface area (Å²) < 4.78 is 48.4. The molecule has 0 bridgehead atoms. The van der Waals surface area contributed by atoms with E-state index in [1.54, 1.807) is 62.1 Å². The van der Waals surface area contributed by atoms with Crippen molar-refractivity contribution >= 4 is 51.1 Å². The summed E-state index contributed by atoms with van der Waals surface area (Å²) in [4.78, 5) is 36.3. The highest BCUT2D eigenvalue weighted by molar-refractivity contribution is 7.87. The summed E-state index contributed by atoms with van der Waals surface area (Å²) in [6.07, 6.45) is 3.34. The molecule has 0 aliphatic rings. The monoisotopic (exact) mass is 802 g/mol. The minimum atomic E-state index is -4.48. The van der Waals surface area contributed by atoms with Gasteiger partial charge in [0.2, 0.25) is 11.8 Å². The Hall–Kier alpha value is -5.26. The van der Waals surface area contributed by atoms with E-state index in [4.69, 9.17) is 43.1 Å². The van der Waals surface area contributed by atoms with Gasteiger partial charge in [0.05, 0.1) is 24.3 Å². The number of esters is 1. The first-order chi connectivity index (χ1) is 25.3. The number of pyridine rings is 3. The molecule has 54 heavy (non-hydrogen) atoms. The van der Waals surface area contributed by atoms with E-state index >= 15 is 0 Å². The van der Waals surface area contributed by atoms with Crippen molar-refractivity contribution in [3.8, 4) is 23.4 Å². The van der Waals surface area contributed by atoms with Gasteiger partial charge in [0.15, 0.2) is 16.7 Å². The zero-order valence-corrected chi connectivity index (χ0v) is 32.9. The molecule has 0 saturated heterocycles. The molecule has 5 rings (SSSR count). The van der Waals surface area contributed by atoms with Crippen molar-refractivity contribution in [1.82, 2.24) is 34.5 Å². The summed E-state index contributed by atoms with van der Waals surface area (Å²) in [6.45, 7) is 14.6. The molecule has 288 valence electrons. The van der Waals surface area contributed by atoms with E-state index in [-0.39, 0.29) is 27.3 Å². The Kier molecular flexibility index (Phi) is 13.6. The number of halogens is 2. The van der Waals surface area contributed by atoms with Crippen molar-refractivity contribution in [2.45, 2.75) is 59.1 Å². The van der Waals surface area contributed by atoms with Crippen LogP contribution in [0.1, 0.15) is 69.2 Å². The molecule has 5 heterocycles. The summed E-state index contributed by atoms with van der Waals surface area (Å²) in [5.41, 5.74) is 4.85. The molecular formula is C35H40Cl2N8O8S. The average molecular weight is 804 g/mol. The van der Waals surface area contributed by atoms with Gasteiger partial charge in [-0.3, -0.25) is 0 Å². The van der Waals surface area contributed by atoms with Crippen molar-refractivity contribution in [2.24, 2.45) is 11.8 Å². The maximum absolute atomic E-state index is 12.3. The first-order valence-electron chi connectivity index (χ1n) is 16.5. The van der Waals surface area contributed by atoms with Crippen LogP contribution in [0.5, 0.6) is 11.8 Å². The van der Waals surface area contributed by atoms with Crippen LogP contribution in [-0.2, 0) is 19.0 Å². The lowest BCUT2D eigenvalue weighted by Crippen LogP contribution is -2.24. The van der Waals surface area contributed by atoms with Gasteiger partial charge >= 0.3 is 22.1 Å². The minimum absolute atomic E-state index is 0.0351. The number of aromatic nitrogens is 7. The predicted octanol–water partition coefficient (Wildman–Crippen LogP) is 6.39. The Balaban J connectivity index is 0.000000247. The molecule has 0 amide bonds. The van der Waals surface area contributed by atoms with Crippen molar-refractivity contribution in [2.75, 3.05) is 18.9 Å². The molecule has 5 aromatic heterocycles. The van der Waals surface area contributed by atoms with Crippen LogP contribution in [0.15, 0.2) is 72.0 Å². The van der Waals surface area contributed by atoms with E-state index in [0.29, 0.717) is 48.4 Å². The van der Waals surface area contributed by atoms with Gasteiger partial charge in [0, 0.05) is 24.5 Å². The third kappa shape index (κ3) is 11.9. The third-order valence-corrected chi connectivity index (χ3v) is 8.11. The highest BCUT2D eigenvalue weighted by Gasteiger charge is 2.26. The Labute approximate surface area is 322 Å². The molecule has 5 aromatic rings. The van der Waals surface area contributed by atoms with Gasteiger partial charge in [-0.05, 0) is 69.0 Å². The second-order valence-corrected chi connectivity index (χ2v) is 15.6. The Morgan fingerprint density at radius 1 is 0.741 bits per heavy atom. The molecule has 0 aliphatic heterocycles. The van der Waals surface area contributed by atoms with E-state index in [0.717, 1.165) is 6.07 Å². The fourth-order valence-corrected chi connectivity index (χ4v) is 5.32. The molecule has 0 radical (unpaired) electrons. The van der Waals surface area contributed by atoms with Crippen LogP contribution in [0.3, 0.4) is 0 Å². The lowest BCUT2D eigenvalue weighted by Gasteiger charge is -2.19. The normalized spacial score (nSPS) is 11.5. The summed E-state index contributed by atoms with van der Waals surface area (Å²) in [6, 6.07) is 13.3. The number of hydrogen-bond acceptors (Lipinski definition) is 14. The van der Waals surface area contributed by atoms with Crippen LogP contribution in [0.2, 0.25) is 10.3 Å². The summed E-state index contributed by atoms with van der Waals surface area (Å²) in [5.74, 6) is 0.721. The molecule has 0 aromatic carbocycles. The van der Waals surface area contributed by atoms with Crippen molar-refractivity contribution in [3.05, 3.63) is 88.4 Å². The first-order valence-corrected chi connectivity index (χ1v) is 18.6. The second-order valence-electron chi connectivity index (χ2n) is 13.3. The molecule has 16 nitrogen and oxygen atoms in total. The number of nitrogens with two attached hydrogens (primary N) is 1. The van der Waals surface area contributed by atoms with Gasteiger partial charge in [-0.15, -0.1) is 10.2 Å². The highest BCUT2D eigenvalue weighted by Crippen LogP contribution is 2.22. The lowest BCUT2D eigenvalue weighted by molar-refractivity contribution is 0.00690. The van der Waals surface area contributed by atoms with Crippen LogP contribution in [0.4, 0.5) is 5.82 Å². The van der Waals surface area contributed by atoms with Crippen LogP contribution in [0.25, 0.3) is 11.6 Å². The number of nitrogens with zero attached hydrogens (tertiary/aromatic N) is 7. The molecule has 2 N–H and O–H groups in total. The molecule has 19 heteroatoms. The Bertz CT molecular complexity index is 2200. The fourth-order valence-electron chi connectivity index (χ4n) is 4.03. The zero-order valence-electron chi connectivity index (χ0n) is 30.6. The highest BCUT2D eigenvalue weighted by atomic mass is 35.5. The van der Waals surface area contributed by atoms with Gasteiger partial charge in [-0.25, -0.2) is 33.9 Å². The van der Waals surface area contributed by atoms with Crippen LogP contribution in [0, 0.1) is 11.8 Å². The fraction of sp³-hybridized carbons (Fsp3) is 0.343. The van der Waals surface area contributed by atoms with E-state index in [2.05, 4.69) is 43.2 Å². The molecule has 0 atom stereocenters. The maximum Gasteiger partial charge on any atom is 0.359 e. The summed E-state index contributed by atoms with van der Waals surface area (Å²) in [5, 5.41) is 7.82. The van der Waals surface area contributed by atoms with Crippen LogP contribution >= 0.6 is 23.2 Å². The van der Waals surface area contributed by atoms with E-state index in [1.165, 1.54) is 28.9 Å². The van der Waals surface area contributed by atoms with Crippen molar-refractivity contribution in [3.63, 3.8) is 0 Å². The van der Waals surface area contributed by atoms with E-state index < -0.39 is 32.7 Å². The zero-order chi connectivity index (χ0) is 39.8. The Morgan fingerprint density at radius 2 is 1.22 bits per heavy atom. The SMILES string of the molecule is CC(C)COc1ccn(-c2ccc(C(=O)OC(C)(C)C)c(Cl)n2)n1.CC(C)COc1ccn(-c2ccc(C(=O)OS(=O)(=O)c3cccc(N)n3)c(Cl)n2)n1. The van der Waals surface area contributed by atoms with Crippen molar-refractivity contribution in [1.29, 1.82) is 0 Å². The topological polar surface area (TPSA) is 206 Å². The van der Waals surface area contributed by atoms with Crippen molar-refractivity contribution < 1.29 is 36.4 Å². The number of anilines is 1. The Morgan fingerprint density at radius 3 is 1.65 bits per heavy atom. The number of rotatable bonds is 12. The first kappa shape index (κ1) is 41.5. The molecule has 0 spiro atoms. The lowest BCUT2D eigenvalue weighted by atomic mass is 10.2. The van der Waals surface area contributed by atoms with Crippen LogP contribution in [-0.4, -0.2) is 73.7 Å². The van der Waals surface area contributed by atoms with E-state index in [9.17, 15) is 18.0 Å².